The Morgan fingerprint density at radius 1 is 1.20 bits per heavy atom. The number of hydrogen-bond acceptors (Lipinski definition) is 4. The highest BCUT2D eigenvalue weighted by Gasteiger charge is 2.22. The molecule has 1 fully saturated rings. The summed E-state index contributed by atoms with van der Waals surface area (Å²) in [6.45, 7) is 6.21. The number of piperidine rings is 1. The van der Waals surface area contributed by atoms with Crippen molar-refractivity contribution in [3.63, 3.8) is 0 Å². The summed E-state index contributed by atoms with van der Waals surface area (Å²) in [4.78, 5) is 6.57. The van der Waals surface area contributed by atoms with Gasteiger partial charge in [0.25, 0.3) is 0 Å². The molecule has 0 aromatic carbocycles. The number of hydrogen-bond donors (Lipinski definition) is 0. The second kappa shape index (κ2) is 6.17. The van der Waals surface area contributed by atoms with Gasteiger partial charge in [0.05, 0.1) is 19.3 Å². The summed E-state index contributed by atoms with van der Waals surface area (Å²) in [6.07, 6.45) is 11.3. The molecule has 6 heteroatoms. The van der Waals surface area contributed by atoms with Gasteiger partial charge in [-0.25, -0.2) is 4.98 Å². The average molecular weight is 274 g/mol. The van der Waals surface area contributed by atoms with Gasteiger partial charge in [-0.3, -0.25) is 14.3 Å². The minimum atomic E-state index is 0.589. The van der Waals surface area contributed by atoms with E-state index in [9.17, 15) is 0 Å². The van der Waals surface area contributed by atoms with Crippen molar-refractivity contribution in [1.82, 2.24) is 29.4 Å². The molecular weight excluding hydrogens is 252 g/mol. The molecule has 2 aromatic rings. The molecule has 0 aliphatic carbocycles. The van der Waals surface area contributed by atoms with Gasteiger partial charge in [-0.05, 0) is 31.9 Å². The summed E-state index contributed by atoms with van der Waals surface area (Å²) < 4.78 is 3.98. The van der Waals surface area contributed by atoms with Crippen LogP contribution >= 0.6 is 0 Å². The minimum Gasteiger partial charge on any atom is -0.297 e. The van der Waals surface area contributed by atoms with E-state index in [1.54, 1.807) is 12.7 Å². The molecule has 0 amide bonds. The Bertz CT molecular complexity index is 518. The van der Waals surface area contributed by atoms with Crippen LogP contribution in [0.5, 0.6) is 0 Å². The number of likely N-dealkylation sites (tertiary alicyclic amines) is 1. The fourth-order valence-electron chi connectivity index (χ4n) is 2.92. The molecule has 1 atom stereocenters. The first-order valence-electron chi connectivity index (χ1n) is 7.37. The van der Waals surface area contributed by atoms with Gasteiger partial charge in [-0.2, -0.15) is 10.2 Å². The third-order valence-electron chi connectivity index (χ3n) is 3.99. The third-order valence-corrected chi connectivity index (χ3v) is 3.99. The zero-order valence-electron chi connectivity index (χ0n) is 12.0. The van der Waals surface area contributed by atoms with Crippen molar-refractivity contribution >= 4 is 0 Å². The lowest BCUT2D eigenvalue weighted by atomic mass is 10.0. The van der Waals surface area contributed by atoms with Crippen LogP contribution in [0.1, 0.15) is 24.8 Å². The first kappa shape index (κ1) is 13.3. The van der Waals surface area contributed by atoms with E-state index in [-0.39, 0.29) is 0 Å². The fraction of sp³-hybridized carbons (Fsp3) is 0.643. The normalized spacial score (nSPS) is 20.4. The number of nitrogens with zero attached hydrogens (tertiary/aromatic N) is 6. The molecule has 1 saturated heterocycles. The van der Waals surface area contributed by atoms with Crippen molar-refractivity contribution in [2.24, 2.45) is 0 Å². The van der Waals surface area contributed by atoms with Crippen LogP contribution in [-0.4, -0.2) is 48.6 Å². The molecule has 108 valence electrons. The molecule has 0 spiro atoms. The van der Waals surface area contributed by atoms with E-state index in [4.69, 9.17) is 0 Å². The first-order chi connectivity index (χ1) is 9.81. The maximum atomic E-state index is 4.42. The topological polar surface area (TPSA) is 51.8 Å². The van der Waals surface area contributed by atoms with E-state index in [0.717, 1.165) is 19.6 Å². The third kappa shape index (κ3) is 3.25. The minimum absolute atomic E-state index is 0.589. The van der Waals surface area contributed by atoms with Crippen molar-refractivity contribution in [2.75, 3.05) is 13.1 Å². The van der Waals surface area contributed by atoms with E-state index in [1.165, 1.54) is 31.4 Å². The van der Waals surface area contributed by atoms with Crippen LogP contribution < -0.4 is 0 Å². The second-order valence-electron chi connectivity index (χ2n) is 5.58. The molecule has 3 rings (SSSR count). The van der Waals surface area contributed by atoms with Crippen molar-refractivity contribution in [3.05, 3.63) is 30.6 Å². The molecule has 3 heterocycles. The van der Waals surface area contributed by atoms with Gasteiger partial charge in [-0.1, -0.05) is 6.42 Å². The van der Waals surface area contributed by atoms with Gasteiger partial charge in [0.15, 0.2) is 0 Å². The molecule has 1 aliphatic rings. The van der Waals surface area contributed by atoms with Crippen molar-refractivity contribution < 1.29 is 0 Å². The monoisotopic (exact) mass is 274 g/mol. The van der Waals surface area contributed by atoms with E-state index < -0.39 is 0 Å². The highest BCUT2D eigenvalue weighted by molar-refractivity contribution is 4.99. The highest BCUT2D eigenvalue weighted by atomic mass is 15.3. The average Bonchev–Trinajstić information content (AvgIpc) is 3.10. The smallest absolute Gasteiger partial charge is 0.137 e. The molecule has 2 aromatic heterocycles. The molecule has 1 aliphatic heterocycles. The van der Waals surface area contributed by atoms with Gasteiger partial charge >= 0.3 is 0 Å². The quantitative estimate of drug-likeness (QED) is 0.825. The van der Waals surface area contributed by atoms with Gasteiger partial charge in [0, 0.05) is 18.8 Å². The van der Waals surface area contributed by atoms with Crippen molar-refractivity contribution in [3.8, 4) is 0 Å². The van der Waals surface area contributed by atoms with Gasteiger partial charge in [-0.15, -0.1) is 0 Å². The molecular formula is C14H22N6. The van der Waals surface area contributed by atoms with E-state index in [1.807, 2.05) is 10.9 Å². The fourth-order valence-corrected chi connectivity index (χ4v) is 2.92. The van der Waals surface area contributed by atoms with Crippen LogP contribution in [0.2, 0.25) is 0 Å². The zero-order chi connectivity index (χ0) is 13.8. The summed E-state index contributed by atoms with van der Waals surface area (Å²) in [7, 11) is 0. The second-order valence-corrected chi connectivity index (χ2v) is 5.58. The summed E-state index contributed by atoms with van der Waals surface area (Å²) in [5.74, 6) is 0. The Kier molecular flexibility index (Phi) is 4.11. The molecule has 0 radical (unpaired) electrons. The predicted molar refractivity (Wildman–Crippen MR) is 76.2 cm³/mol. The zero-order valence-corrected chi connectivity index (χ0v) is 12.0. The van der Waals surface area contributed by atoms with E-state index in [0.29, 0.717) is 6.04 Å². The van der Waals surface area contributed by atoms with Crippen molar-refractivity contribution in [2.45, 2.75) is 45.3 Å². The molecule has 0 N–H and O–H groups in total. The molecule has 20 heavy (non-hydrogen) atoms. The number of aromatic nitrogens is 5. The summed E-state index contributed by atoms with van der Waals surface area (Å²) in [6, 6.07) is 0.589. The maximum Gasteiger partial charge on any atom is 0.137 e. The molecule has 0 saturated carbocycles. The lowest BCUT2D eigenvalue weighted by Crippen LogP contribution is -2.43. The largest absolute Gasteiger partial charge is 0.297 e. The van der Waals surface area contributed by atoms with Crippen LogP contribution in [0, 0.1) is 6.92 Å². The maximum absolute atomic E-state index is 4.42. The Hall–Kier alpha value is -1.69. The summed E-state index contributed by atoms with van der Waals surface area (Å²) in [5, 5.41) is 8.59. The van der Waals surface area contributed by atoms with Gasteiger partial charge in [0.2, 0.25) is 0 Å². The number of aryl methyl sites for hydroxylation is 1. The molecule has 6 nitrogen and oxygen atoms in total. The van der Waals surface area contributed by atoms with Crippen molar-refractivity contribution in [1.29, 1.82) is 0 Å². The lowest BCUT2D eigenvalue weighted by molar-refractivity contribution is 0.123. The van der Waals surface area contributed by atoms with Crippen LogP contribution in [-0.2, 0) is 13.1 Å². The van der Waals surface area contributed by atoms with Crippen LogP contribution in [0.4, 0.5) is 0 Å². The standard InChI is InChI=1S/C14H22N6/c1-13-8-16-20(9-13)10-14-4-2-3-5-18(14)6-7-19-12-15-11-17-19/h8-9,11-12,14H,2-7,10H2,1H3. The predicted octanol–water partition coefficient (Wildman–Crippen LogP) is 1.34. The highest BCUT2D eigenvalue weighted by Crippen LogP contribution is 2.18. The first-order valence-corrected chi connectivity index (χ1v) is 7.37. The van der Waals surface area contributed by atoms with Gasteiger partial charge in [0.1, 0.15) is 12.7 Å². The SMILES string of the molecule is Cc1cnn(CC2CCCCN2CCn2cncn2)c1. The molecule has 1 unspecified atom stereocenters. The van der Waals surface area contributed by atoms with Crippen LogP contribution in [0.3, 0.4) is 0 Å². The Morgan fingerprint density at radius 2 is 2.15 bits per heavy atom. The Morgan fingerprint density at radius 3 is 2.90 bits per heavy atom. The Balaban J connectivity index is 1.58. The number of rotatable bonds is 5. The molecule has 0 bridgehead atoms. The summed E-state index contributed by atoms with van der Waals surface area (Å²) in [5.41, 5.74) is 1.23. The van der Waals surface area contributed by atoms with Crippen LogP contribution in [0.25, 0.3) is 0 Å². The van der Waals surface area contributed by atoms with Crippen LogP contribution in [0.15, 0.2) is 25.0 Å². The Labute approximate surface area is 119 Å². The van der Waals surface area contributed by atoms with E-state index in [2.05, 4.69) is 37.9 Å². The lowest BCUT2D eigenvalue weighted by Gasteiger charge is -2.35. The summed E-state index contributed by atoms with van der Waals surface area (Å²) >= 11 is 0. The van der Waals surface area contributed by atoms with E-state index >= 15 is 0 Å². The van der Waals surface area contributed by atoms with Gasteiger partial charge < -0.3 is 0 Å².